The molecule has 0 fully saturated rings. The molecule has 112 valence electrons. The molecule has 0 radical (unpaired) electrons. The Hall–Kier alpha value is 0.138. The van der Waals surface area contributed by atoms with Crippen molar-refractivity contribution in [2.24, 2.45) is 0 Å². The van der Waals surface area contributed by atoms with E-state index in [1.54, 1.807) is 0 Å². The van der Waals surface area contributed by atoms with Crippen LogP contribution in [0.3, 0.4) is 0 Å². The molecular weight excluding hydrogens is 489 g/mol. The number of benzene rings is 2. The molecule has 0 unspecified atom stereocenters. The van der Waals surface area contributed by atoms with Gasteiger partial charge in [-0.3, -0.25) is 0 Å². The molecule has 0 aliphatic heterocycles. The van der Waals surface area contributed by atoms with Crippen molar-refractivity contribution >= 4 is 37.4 Å². The summed E-state index contributed by atoms with van der Waals surface area (Å²) in [4.78, 5) is 0. The Kier molecular flexibility index (Phi) is 10.7. The van der Waals surface area contributed by atoms with E-state index in [0.717, 1.165) is 0 Å². The van der Waals surface area contributed by atoms with Crippen molar-refractivity contribution in [1.82, 2.24) is 0 Å². The van der Waals surface area contributed by atoms with Crippen molar-refractivity contribution in [2.75, 3.05) is 6.16 Å². The molecule has 0 N–H and O–H groups in total. The van der Waals surface area contributed by atoms with Gasteiger partial charge in [-0.2, -0.15) is 0 Å². The SMILES string of the molecule is CCCCP(c1ccccc1)c1ccccc1.[Cl][Pt][Cl]. The van der Waals surface area contributed by atoms with Gasteiger partial charge < -0.3 is 0 Å². The van der Waals surface area contributed by atoms with Crippen LogP contribution in [-0.2, 0) is 16.5 Å². The minimum absolute atomic E-state index is 0.157. The second-order valence-corrected chi connectivity index (χ2v) is 9.84. The molecule has 0 saturated heterocycles. The Labute approximate surface area is 140 Å². The fraction of sp³-hybridized carbons (Fsp3) is 0.250. The summed E-state index contributed by atoms with van der Waals surface area (Å²) in [5.41, 5.74) is 0. The number of rotatable bonds is 5. The van der Waals surface area contributed by atoms with E-state index in [0.29, 0.717) is 0 Å². The Morgan fingerprint density at radius 3 is 1.60 bits per heavy atom. The van der Waals surface area contributed by atoms with Gasteiger partial charge >= 0.3 is 35.3 Å². The molecular formula is C16H19Cl2PPt. The molecule has 0 saturated carbocycles. The summed E-state index contributed by atoms with van der Waals surface area (Å²) in [5, 5.41) is 3.00. The van der Waals surface area contributed by atoms with Crippen LogP contribution < -0.4 is 10.6 Å². The minimum atomic E-state index is -0.472. The predicted octanol–water partition coefficient (Wildman–Crippen LogP) is 5.30. The van der Waals surface area contributed by atoms with Crippen LogP contribution in [0.1, 0.15) is 19.8 Å². The molecule has 0 nitrogen and oxygen atoms in total. The van der Waals surface area contributed by atoms with Crippen LogP contribution in [0, 0.1) is 0 Å². The Morgan fingerprint density at radius 1 is 0.850 bits per heavy atom. The van der Waals surface area contributed by atoms with Crippen molar-refractivity contribution < 1.29 is 16.5 Å². The molecule has 20 heavy (non-hydrogen) atoms. The van der Waals surface area contributed by atoms with E-state index in [-0.39, 0.29) is 7.92 Å². The van der Waals surface area contributed by atoms with Crippen molar-refractivity contribution in [3.63, 3.8) is 0 Å². The Morgan fingerprint density at radius 2 is 1.25 bits per heavy atom. The first-order chi connectivity index (χ1) is 9.83. The average molecular weight is 508 g/mol. The maximum absolute atomic E-state index is 4.88. The van der Waals surface area contributed by atoms with E-state index < -0.39 is 16.5 Å². The molecule has 0 aliphatic rings. The van der Waals surface area contributed by atoms with Crippen LogP contribution in [0.25, 0.3) is 0 Å². The van der Waals surface area contributed by atoms with Crippen LogP contribution in [-0.4, -0.2) is 6.16 Å². The van der Waals surface area contributed by atoms with Crippen LogP contribution in [0.2, 0.25) is 0 Å². The van der Waals surface area contributed by atoms with Crippen molar-refractivity contribution in [1.29, 1.82) is 0 Å². The van der Waals surface area contributed by atoms with E-state index in [4.69, 9.17) is 18.8 Å². The van der Waals surface area contributed by atoms with Crippen LogP contribution >= 0.6 is 26.8 Å². The topological polar surface area (TPSA) is 0 Å². The molecule has 0 aliphatic carbocycles. The standard InChI is InChI=1S/C16H19P.2ClH.Pt/c1-2-3-14-17(15-10-6-4-7-11-15)16-12-8-5-9-13-16;;;/h4-13H,2-3,14H2,1H3;2*1H;/q;;;+2/p-2. The first-order valence-corrected chi connectivity index (χ1v) is 13.7. The number of hydrogen-bond donors (Lipinski definition) is 0. The van der Waals surface area contributed by atoms with E-state index in [2.05, 4.69) is 67.6 Å². The quantitative estimate of drug-likeness (QED) is 0.482. The maximum atomic E-state index is 4.88. The first-order valence-electron chi connectivity index (χ1n) is 6.53. The van der Waals surface area contributed by atoms with Crippen molar-refractivity contribution in [3.05, 3.63) is 60.7 Å². The van der Waals surface area contributed by atoms with Gasteiger partial charge in [0.05, 0.1) is 0 Å². The van der Waals surface area contributed by atoms with Crippen LogP contribution in [0.5, 0.6) is 0 Å². The van der Waals surface area contributed by atoms with Gasteiger partial charge in [-0.25, -0.2) is 0 Å². The molecule has 0 bridgehead atoms. The van der Waals surface area contributed by atoms with Gasteiger partial charge in [0.2, 0.25) is 0 Å². The summed E-state index contributed by atoms with van der Waals surface area (Å²) in [5.74, 6) is 0. The zero-order valence-corrected chi connectivity index (χ0v) is 16.1. The zero-order valence-electron chi connectivity index (χ0n) is 11.4. The third kappa shape index (κ3) is 6.73. The molecule has 0 aromatic heterocycles. The molecule has 0 atom stereocenters. The number of halogens is 2. The molecule has 0 spiro atoms. The Balaban J connectivity index is 0.000000612. The fourth-order valence-electron chi connectivity index (χ4n) is 1.94. The molecule has 0 heterocycles. The summed E-state index contributed by atoms with van der Waals surface area (Å²) in [6.45, 7) is 2.27. The zero-order chi connectivity index (χ0) is 14.6. The van der Waals surface area contributed by atoms with Crippen LogP contribution in [0.4, 0.5) is 0 Å². The molecule has 2 rings (SSSR count). The fourth-order valence-corrected chi connectivity index (χ4v) is 4.45. The van der Waals surface area contributed by atoms with Gasteiger partial charge in [0.15, 0.2) is 0 Å². The Bertz CT molecular complexity index is 411. The van der Waals surface area contributed by atoms with E-state index in [1.165, 1.54) is 29.6 Å². The van der Waals surface area contributed by atoms with Gasteiger partial charge in [0.1, 0.15) is 0 Å². The second-order valence-electron chi connectivity index (χ2n) is 4.22. The summed E-state index contributed by atoms with van der Waals surface area (Å²) < 4.78 is 0. The van der Waals surface area contributed by atoms with Gasteiger partial charge in [-0.05, 0) is 31.1 Å². The third-order valence-corrected chi connectivity index (χ3v) is 5.48. The first kappa shape index (κ1) is 18.2. The van der Waals surface area contributed by atoms with E-state index in [9.17, 15) is 0 Å². The van der Waals surface area contributed by atoms with Crippen molar-refractivity contribution in [2.45, 2.75) is 19.8 Å². The molecule has 2 aromatic carbocycles. The monoisotopic (exact) mass is 507 g/mol. The second kappa shape index (κ2) is 11.8. The summed E-state index contributed by atoms with van der Waals surface area (Å²) in [7, 11) is 9.59. The summed E-state index contributed by atoms with van der Waals surface area (Å²) in [6, 6.07) is 21.9. The summed E-state index contributed by atoms with van der Waals surface area (Å²) in [6.07, 6.45) is 3.90. The molecule has 0 amide bonds. The molecule has 4 heteroatoms. The predicted molar refractivity (Wildman–Crippen MR) is 90.6 cm³/mol. The van der Waals surface area contributed by atoms with Crippen LogP contribution in [0.15, 0.2) is 60.7 Å². The third-order valence-electron chi connectivity index (χ3n) is 2.87. The van der Waals surface area contributed by atoms with Gasteiger partial charge in [0.25, 0.3) is 0 Å². The number of unbranched alkanes of at least 4 members (excludes halogenated alkanes) is 1. The van der Waals surface area contributed by atoms with E-state index >= 15 is 0 Å². The van der Waals surface area contributed by atoms with E-state index in [1.807, 2.05) is 0 Å². The van der Waals surface area contributed by atoms with Gasteiger partial charge in [-0.1, -0.05) is 74.0 Å². The number of hydrogen-bond acceptors (Lipinski definition) is 0. The van der Waals surface area contributed by atoms with Crippen molar-refractivity contribution in [3.8, 4) is 0 Å². The van der Waals surface area contributed by atoms with Gasteiger partial charge in [0, 0.05) is 0 Å². The molecule has 2 aromatic rings. The average Bonchev–Trinajstić information content (AvgIpc) is 2.51. The summed E-state index contributed by atoms with van der Waals surface area (Å²) >= 11 is -0.472. The van der Waals surface area contributed by atoms with Gasteiger partial charge in [-0.15, -0.1) is 0 Å². The normalized spacial score (nSPS) is 10.2.